The molecule has 44 heavy (non-hydrogen) atoms. The third-order valence-corrected chi connectivity index (χ3v) is 8.04. The van der Waals surface area contributed by atoms with Crippen molar-refractivity contribution in [2.45, 2.75) is 51.0 Å². The molecule has 6 N–H and O–H groups in total. The van der Waals surface area contributed by atoms with Gasteiger partial charge in [0.05, 0.1) is 37.0 Å². The molecule has 3 atom stereocenters. The highest BCUT2D eigenvalue weighted by Gasteiger charge is 2.40. The molecule has 3 unspecified atom stereocenters. The monoisotopic (exact) mass is 620 g/mol. The van der Waals surface area contributed by atoms with Crippen molar-refractivity contribution in [1.82, 2.24) is 21.5 Å². The number of amides is 2. The Morgan fingerprint density at radius 3 is 2.50 bits per heavy atom. The Hall–Kier alpha value is -4.32. The maximum atomic E-state index is 13.2. The molecule has 3 aromatic carbocycles. The topological polar surface area (TPSA) is 148 Å². The predicted molar refractivity (Wildman–Crippen MR) is 169 cm³/mol. The van der Waals surface area contributed by atoms with Crippen LogP contribution in [-0.4, -0.2) is 66.3 Å². The Morgan fingerprint density at radius 2 is 1.75 bits per heavy atom. The molecule has 0 saturated carbocycles. The number of nitrogens with one attached hydrogen (secondary N) is 4. The first-order chi connectivity index (χ1) is 21.3. The van der Waals surface area contributed by atoms with Crippen LogP contribution in [0.1, 0.15) is 54.1 Å². The van der Waals surface area contributed by atoms with E-state index >= 15 is 0 Å². The molecule has 2 aliphatic rings. The van der Waals surface area contributed by atoms with E-state index in [4.69, 9.17) is 21.3 Å². The number of fused-ring (bicyclic) bond motifs is 3. The number of halogens is 1. The number of methoxy groups -OCH3 is 1. The number of hydrazine groups is 1. The molecular weight excluding hydrogens is 584 g/mol. The number of hydrogen-bond donors (Lipinski definition) is 6. The Balaban J connectivity index is 1.21. The first-order valence-corrected chi connectivity index (χ1v) is 15.0. The van der Waals surface area contributed by atoms with Gasteiger partial charge in [-0.15, -0.1) is 0 Å². The fraction of sp³-hybridized carbons (Fsp3) is 0.344. The number of hydrogen-bond acceptors (Lipinski definition) is 9. The summed E-state index contributed by atoms with van der Waals surface area (Å²) in [6.45, 7) is 2.96. The van der Waals surface area contributed by atoms with Crippen molar-refractivity contribution >= 4 is 34.8 Å². The number of nitrogens with zero attached hydrogens (tertiary/aromatic N) is 2. The number of carbonyl (C=O) groups is 2. The second-order valence-electron chi connectivity index (χ2n) is 10.8. The SMILES string of the molecule is COc1ccc2c(c1)C(c1ccc(Cl)cc1)=NC(CC(=O)NCCCCCNC(=O)c1cccc(O)c1O)C1NNC(C)N21. The van der Waals surface area contributed by atoms with Crippen molar-refractivity contribution in [2.24, 2.45) is 4.99 Å². The predicted octanol–water partition coefficient (Wildman–Crippen LogP) is 3.67. The lowest BCUT2D eigenvalue weighted by Crippen LogP contribution is -2.47. The van der Waals surface area contributed by atoms with Crippen LogP contribution in [0.15, 0.2) is 65.7 Å². The van der Waals surface area contributed by atoms with E-state index in [1.54, 1.807) is 7.11 Å². The van der Waals surface area contributed by atoms with Gasteiger partial charge in [0.1, 0.15) is 11.9 Å². The minimum atomic E-state index is -0.451. The fourth-order valence-corrected chi connectivity index (χ4v) is 5.64. The zero-order valence-corrected chi connectivity index (χ0v) is 25.4. The quantitative estimate of drug-likeness (QED) is 0.141. The Labute approximate surface area is 261 Å². The average molecular weight is 621 g/mol. The van der Waals surface area contributed by atoms with Crippen LogP contribution in [0, 0.1) is 0 Å². The summed E-state index contributed by atoms with van der Waals surface area (Å²) in [6, 6.07) is 17.3. The van der Waals surface area contributed by atoms with Gasteiger partial charge in [-0.25, -0.2) is 10.9 Å². The molecule has 11 nitrogen and oxygen atoms in total. The number of benzene rings is 3. The van der Waals surface area contributed by atoms with E-state index in [2.05, 4.69) is 33.3 Å². The van der Waals surface area contributed by atoms with Crippen LogP contribution < -0.4 is 31.1 Å². The normalized spacial score (nSPS) is 18.9. The number of aliphatic imine (C=N–C) groups is 1. The van der Waals surface area contributed by atoms with Crippen molar-refractivity contribution in [3.8, 4) is 17.2 Å². The lowest BCUT2D eigenvalue weighted by atomic mass is 9.99. The maximum Gasteiger partial charge on any atom is 0.255 e. The van der Waals surface area contributed by atoms with Crippen molar-refractivity contribution in [3.63, 3.8) is 0 Å². The highest BCUT2D eigenvalue weighted by molar-refractivity contribution is 6.30. The number of para-hydroxylation sites is 1. The van der Waals surface area contributed by atoms with E-state index in [1.807, 2.05) is 42.5 Å². The molecule has 0 aromatic heterocycles. The molecule has 2 heterocycles. The van der Waals surface area contributed by atoms with E-state index in [-0.39, 0.29) is 36.0 Å². The molecular formula is C32H37ClN6O5. The third-order valence-electron chi connectivity index (χ3n) is 7.79. The minimum absolute atomic E-state index is 0.0276. The van der Waals surface area contributed by atoms with Crippen LogP contribution in [0.4, 0.5) is 5.69 Å². The standard InChI is InChI=1S/C32H37ClN6O5/c1-19-37-38-31-25(18-28(41)34-15-4-3-5-16-35-32(43)23-7-6-8-27(40)30(23)42)36-29(20-9-11-21(33)12-10-20)24-17-22(44-2)13-14-26(24)39(19)31/h6-14,17,19,25,31,37-38,40,42H,3-5,15-16,18H2,1-2H3,(H,34,41)(H,35,43). The number of phenols is 2. The summed E-state index contributed by atoms with van der Waals surface area (Å²) in [5.41, 5.74) is 10.2. The molecule has 0 bridgehead atoms. The van der Waals surface area contributed by atoms with Crippen LogP contribution in [0.5, 0.6) is 17.2 Å². The van der Waals surface area contributed by atoms with Gasteiger partial charge in [0.25, 0.3) is 5.91 Å². The zero-order chi connectivity index (χ0) is 31.2. The van der Waals surface area contributed by atoms with E-state index in [0.29, 0.717) is 30.3 Å². The largest absolute Gasteiger partial charge is 0.504 e. The lowest BCUT2D eigenvalue weighted by molar-refractivity contribution is -0.121. The van der Waals surface area contributed by atoms with E-state index in [1.165, 1.54) is 18.2 Å². The van der Waals surface area contributed by atoms with Gasteiger partial charge in [-0.1, -0.05) is 29.8 Å². The summed E-state index contributed by atoms with van der Waals surface area (Å²) >= 11 is 6.19. The second kappa shape index (κ2) is 14.0. The van der Waals surface area contributed by atoms with Crippen molar-refractivity contribution in [3.05, 3.63) is 82.4 Å². The summed E-state index contributed by atoms with van der Waals surface area (Å²) in [5.74, 6) is -0.617. The van der Waals surface area contributed by atoms with Crippen LogP contribution in [0.25, 0.3) is 0 Å². The Morgan fingerprint density at radius 1 is 1.00 bits per heavy atom. The van der Waals surface area contributed by atoms with Gasteiger partial charge in [-0.3, -0.25) is 14.6 Å². The summed E-state index contributed by atoms with van der Waals surface area (Å²) in [7, 11) is 1.63. The molecule has 2 aliphatic heterocycles. The summed E-state index contributed by atoms with van der Waals surface area (Å²) in [5, 5.41) is 25.8. The van der Waals surface area contributed by atoms with E-state index < -0.39 is 17.7 Å². The van der Waals surface area contributed by atoms with Gasteiger partial charge in [-0.2, -0.15) is 0 Å². The molecule has 1 fully saturated rings. The van der Waals surface area contributed by atoms with Gasteiger partial charge in [0, 0.05) is 34.9 Å². The van der Waals surface area contributed by atoms with Crippen molar-refractivity contribution < 1.29 is 24.5 Å². The summed E-state index contributed by atoms with van der Waals surface area (Å²) in [6.07, 6.45) is 2.09. The fourth-order valence-electron chi connectivity index (χ4n) is 5.51. The molecule has 2 amide bonds. The third kappa shape index (κ3) is 6.91. The van der Waals surface area contributed by atoms with Gasteiger partial charge < -0.3 is 30.5 Å². The number of ether oxygens (including phenoxy) is 1. The molecule has 0 radical (unpaired) electrons. The number of rotatable bonds is 11. The first kappa shape index (κ1) is 31.1. The Kier molecular flexibility index (Phi) is 9.89. The number of anilines is 1. The molecule has 12 heteroatoms. The summed E-state index contributed by atoms with van der Waals surface area (Å²) < 4.78 is 5.54. The number of aromatic hydroxyl groups is 2. The van der Waals surface area contributed by atoms with E-state index in [9.17, 15) is 19.8 Å². The van der Waals surface area contributed by atoms with Crippen molar-refractivity contribution in [1.29, 1.82) is 0 Å². The lowest BCUT2D eigenvalue weighted by Gasteiger charge is -2.31. The van der Waals surface area contributed by atoms with Crippen LogP contribution in [-0.2, 0) is 4.79 Å². The Bertz CT molecular complexity index is 1530. The maximum absolute atomic E-state index is 13.2. The summed E-state index contributed by atoms with van der Waals surface area (Å²) in [4.78, 5) is 32.8. The minimum Gasteiger partial charge on any atom is -0.504 e. The number of carbonyl (C=O) groups excluding carboxylic acids is 2. The number of phenolic OH excluding ortho intramolecular Hbond substituents is 2. The molecule has 232 valence electrons. The van der Waals surface area contributed by atoms with Crippen LogP contribution in [0.3, 0.4) is 0 Å². The molecule has 0 spiro atoms. The van der Waals surface area contributed by atoms with Gasteiger partial charge in [0.15, 0.2) is 11.5 Å². The molecule has 1 saturated heterocycles. The highest BCUT2D eigenvalue weighted by Crippen LogP contribution is 2.36. The van der Waals surface area contributed by atoms with Gasteiger partial charge >= 0.3 is 0 Å². The second-order valence-corrected chi connectivity index (χ2v) is 11.2. The highest BCUT2D eigenvalue weighted by atomic mass is 35.5. The van der Waals surface area contributed by atoms with Crippen molar-refractivity contribution in [2.75, 3.05) is 25.1 Å². The number of unbranched alkanes of at least 4 members (excludes halogenated alkanes) is 2. The van der Waals surface area contributed by atoms with Gasteiger partial charge in [0.2, 0.25) is 5.91 Å². The smallest absolute Gasteiger partial charge is 0.255 e. The molecule has 5 rings (SSSR count). The molecule has 0 aliphatic carbocycles. The zero-order valence-electron chi connectivity index (χ0n) is 24.6. The van der Waals surface area contributed by atoms with Gasteiger partial charge in [-0.05, 0) is 68.7 Å². The van der Waals surface area contributed by atoms with Crippen LogP contribution >= 0.6 is 11.6 Å². The van der Waals surface area contributed by atoms with E-state index in [0.717, 1.165) is 35.4 Å². The first-order valence-electron chi connectivity index (χ1n) is 14.6. The average Bonchev–Trinajstić information content (AvgIpc) is 3.34. The van der Waals surface area contributed by atoms with Crippen LogP contribution in [0.2, 0.25) is 5.02 Å². The molecule has 3 aromatic rings.